The molecule has 3 aromatic rings. The van der Waals surface area contributed by atoms with Crippen LogP contribution in [0, 0.1) is 0 Å². The van der Waals surface area contributed by atoms with E-state index < -0.39 is 41.9 Å². The van der Waals surface area contributed by atoms with E-state index in [4.69, 9.17) is 47.6 Å². The van der Waals surface area contributed by atoms with Gasteiger partial charge in [0.2, 0.25) is 5.91 Å². The Kier molecular flexibility index (Phi) is 16.5. The van der Waals surface area contributed by atoms with Crippen molar-refractivity contribution in [3.8, 4) is 5.75 Å². The minimum Gasteiger partial charge on any atom is -0.491 e. The lowest BCUT2D eigenvalue weighted by molar-refractivity contribution is -0.141. The summed E-state index contributed by atoms with van der Waals surface area (Å²) >= 11 is 12.2. The summed E-state index contributed by atoms with van der Waals surface area (Å²) in [5, 5.41) is 23.1. The van der Waals surface area contributed by atoms with Crippen LogP contribution < -0.4 is 15.4 Å². The second-order valence-corrected chi connectivity index (χ2v) is 11.8. The van der Waals surface area contributed by atoms with Crippen molar-refractivity contribution in [2.45, 2.75) is 38.0 Å². The number of hydrogen-bond acceptors (Lipinski definition) is 9. The van der Waals surface area contributed by atoms with E-state index in [0.29, 0.717) is 38.4 Å². The van der Waals surface area contributed by atoms with Crippen molar-refractivity contribution in [1.82, 2.24) is 15.5 Å². The molecule has 4 N–H and O–H groups in total. The Morgan fingerprint density at radius 2 is 1.52 bits per heavy atom. The van der Waals surface area contributed by atoms with Gasteiger partial charge in [-0.25, -0.2) is 4.79 Å². The number of aliphatic carboxylic acids is 2. The van der Waals surface area contributed by atoms with Gasteiger partial charge >= 0.3 is 18.0 Å². The number of carboxylic acid groups (broad SMARTS) is 2. The zero-order chi connectivity index (χ0) is 36.5. The third kappa shape index (κ3) is 13.0. The molecule has 2 amide bonds. The minimum absolute atomic E-state index is 0.0546. The molecule has 0 saturated carbocycles. The summed E-state index contributed by atoms with van der Waals surface area (Å²) in [7, 11) is 0. The normalized spacial score (nSPS) is 14.5. The fourth-order valence-electron chi connectivity index (χ4n) is 4.65. The molecule has 13 nitrogen and oxygen atoms in total. The predicted octanol–water partition coefficient (Wildman–Crippen LogP) is 4.18. The number of nitrogens with zero attached hydrogens (tertiary/aromatic N) is 1. The average molecular weight is 733 g/mol. The topological polar surface area (TPSA) is 181 Å². The van der Waals surface area contributed by atoms with Crippen LogP contribution in [0.15, 0.2) is 72.8 Å². The fraction of sp³-hybridized carbons (Fsp3) is 0.343. The zero-order valence-electron chi connectivity index (χ0n) is 27.3. The van der Waals surface area contributed by atoms with Gasteiger partial charge in [-0.3, -0.25) is 19.3 Å². The Hall–Kier alpha value is -4.69. The van der Waals surface area contributed by atoms with Gasteiger partial charge in [0, 0.05) is 36.6 Å². The lowest BCUT2D eigenvalue weighted by Crippen LogP contribution is -2.51. The van der Waals surface area contributed by atoms with Crippen LogP contribution >= 0.6 is 23.2 Å². The van der Waals surface area contributed by atoms with Gasteiger partial charge in [0.15, 0.2) is 0 Å². The molecule has 50 heavy (non-hydrogen) atoms. The minimum atomic E-state index is -1.42. The average Bonchev–Trinajstić information content (AvgIpc) is 3.11. The third-order valence-electron chi connectivity index (χ3n) is 7.41. The summed E-state index contributed by atoms with van der Waals surface area (Å²) in [5.74, 6) is -4.17. The van der Waals surface area contributed by atoms with Crippen LogP contribution in [0.4, 0.5) is 4.79 Å². The van der Waals surface area contributed by atoms with Gasteiger partial charge in [-0.1, -0.05) is 83.9 Å². The molecule has 0 aliphatic carbocycles. The maximum absolute atomic E-state index is 12.4. The van der Waals surface area contributed by atoms with Crippen molar-refractivity contribution in [2.75, 3.05) is 39.5 Å². The number of benzene rings is 3. The van der Waals surface area contributed by atoms with E-state index in [-0.39, 0.29) is 28.6 Å². The Morgan fingerprint density at radius 1 is 0.900 bits per heavy atom. The van der Waals surface area contributed by atoms with Gasteiger partial charge in [0.1, 0.15) is 43.3 Å². The first-order valence-corrected chi connectivity index (χ1v) is 16.4. The van der Waals surface area contributed by atoms with Crippen LogP contribution in [0.5, 0.6) is 5.75 Å². The smallest absolute Gasteiger partial charge is 0.408 e. The Balaban J connectivity index is 0.000000274. The molecule has 0 bridgehead atoms. The second-order valence-electron chi connectivity index (χ2n) is 11.0. The van der Waals surface area contributed by atoms with Gasteiger partial charge in [-0.15, -0.1) is 0 Å². The fourth-order valence-corrected chi connectivity index (χ4v) is 5.31. The van der Waals surface area contributed by atoms with Crippen molar-refractivity contribution >= 4 is 53.4 Å². The summed E-state index contributed by atoms with van der Waals surface area (Å²) in [4.78, 5) is 59.9. The summed E-state index contributed by atoms with van der Waals surface area (Å²) in [6.45, 7) is 5.60. The highest BCUT2D eigenvalue weighted by Gasteiger charge is 2.27. The molecule has 15 heteroatoms. The third-order valence-corrected chi connectivity index (χ3v) is 8.13. The molecule has 268 valence electrons. The number of ether oxygens (including phenoxy) is 3. The van der Waals surface area contributed by atoms with Crippen LogP contribution in [0.25, 0.3) is 0 Å². The molecule has 0 spiro atoms. The lowest BCUT2D eigenvalue weighted by atomic mass is 10.0. The molecule has 1 aliphatic rings. The number of morpholine rings is 1. The van der Waals surface area contributed by atoms with Gasteiger partial charge in [0.05, 0.1) is 18.2 Å². The van der Waals surface area contributed by atoms with Crippen LogP contribution in [0.3, 0.4) is 0 Å². The highest BCUT2D eigenvalue weighted by molar-refractivity contribution is 6.37. The van der Waals surface area contributed by atoms with E-state index in [2.05, 4.69) is 15.5 Å². The molecule has 1 saturated heterocycles. The Morgan fingerprint density at radius 3 is 2.10 bits per heavy atom. The van der Waals surface area contributed by atoms with Crippen molar-refractivity contribution in [3.05, 3.63) is 99.5 Å². The monoisotopic (exact) mass is 731 g/mol. The molecule has 0 radical (unpaired) electrons. The van der Waals surface area contributed by atoms with E-state index in [0.717, 1.165) is 24.2 Å². The molecule has 0 aromatic heterocycles. The number of carboxylic acids is 2. The maximum Gasteiger partial charge on any atom is 0.408 e. The number of rotatable bonds is 15. The number of nitrogens with one attached hydrogen (secondary N) is 2. The highest BCUT2D eigenvalue weighted by Crippen LogP contribution is 2.37. The highest BCUT2D eigenvalue weighted by atomic mass is 35.5. The first-order chi connectivity index (χ1) is 24.0. The largest absolute Gasteiger partial charge is 0.491 e. The molecule has 1 fully saturated rings. The molecule has 3 atom stereocenters. The molecule has 4 rings (SSSR count). The lowest BCUT2D eigenvalue weighted by Gasteiger charge is -2.26. The Bertz CT molecular complexity index is 1570. The second kappa shape index (κ2) is 20.7. The van der Waals surface area contributed by atoms with Gasteiger partial charge in [-0.05, 0) is 30.2 Å². The quantitative estimate of drug-likeness (QED) is 0.130. The van der Waals surface area contributed by atoms with E-state index in [9.17, 15) is 24.0 Å². The van der Waals surface area contributed by atoms with Gasteiger partial charge < -0.3 is 39.9 Å². The summed E-state index contributed by atoms with van der Waals surface area (Å²) in [6.07, 6.45) is -0.246. The van der Waals surface area contributed by atoms with E-state index in [1.165, 1.54) is 13.0 Å². The van der Waals surface area contributed by atoms with Crippen molar-refractivity contribution in [1.29, 1.82) is 0 Å². The molecule has 1 aliphatic heterocycles. The van der Waals surface area contributed by atoms with E-state index in [1.807, 2.05) is 60.7 Å². The van der Waals surface area contributed by atoms with E-state index in [1.54, 1.807) is 6.07 Å². The standard InChI is InChI=1S/C20H22N2O5.C15H17Cl2NO5/c1-14(19(24)25)21-18(23)17(12-15-8-4-2-5-9-15)22-20(26)27-13-16-10-6-3-7-11-16;16-11-1-2-12(14(17)13(11)10(9-19)15(20)21)23-8-5-18-3-6-22-7-4-18/h2-11,14,17H,12-13H2,1H3,(H,21,23)(H,22,26)(H,24,25);1-2,9-10H,3-8H2,(H,20,21)/t14-,17-;/m0./s1. The molecular formula is C35H39Cl2N3O10. The number of aldehydes is 1. The first-order valence-electron chi connectivity index (χ1n) is 15.6. The van der Waals surface area contributed by atoms with Crippen LogP contribution in [0.2, 0.25) is 10.0 Å². The summed E-state index contributed by atoms with van der Waals surface area (Å²) in [6, 6.07) is 19.3. The van der Waals surface area contributed by atoms with Crippen molar-refractivity contribution in [2.24, 2.45) is 0 Å². The van der Waals surface area contributed by atoms with Crippen molar-refractivity contribution in [3.63, 3.8) is 0 Å². The van der Waals surface area contributed by atoms with E-state index >= 15 is 0 Å². The predicted molar refractivity (Wildman–Crippen MR) is 185 cm³/mol. The molecule has 1 heterocycles. The van der Waals surface area contributed by atoms with Crippen LogP contribution in [-0.4, -0.2) is 96.9 Å². The number of alkyl carbamates (subject to hydrolysis) is 1. The molecule has 1 unspecified atom stereocenters. The molecular weight excluding hydrogens is 693 g/mol. The maximum atomic E-state index is 12.4. The Labute approximate surface area is 299 Å². The number of amides is 2. The summed E-state index contributed by atoms with van der Waals surface area (Å²) < 4.78 is 16.0. The van der Waals surface area contributed by atoms with Crippen LogP contribution in [0.1, 0.15) is 29.5 Å². The van der Waals surface area contributed by atoms with Gasteiger partial charge in [-0.2, -0.15) is 0 Å². The van der Waals surface area contributed by atoms with Crippen molar-refractivity contribution < 1.29 is 48.4 Å². The van der Waals surface area contributed by atoms with Gasteiger partial charge in [0.25, 0.3) is 0 Å². The number of halogens is 2. The SMILES string of the molecule is C[C@H](NC(=O)[C@H](Cc1ccccc1)NC(=O)OCc1ccccc1)C(=O)O.O=CC(C(=O)O)c1c(Cl)ccc(OCCN2CCOCC2)c1Cl. The first kappa shape index (κ1) is 39.7. The number of carbonyl (C=O) groups excluding carboxylic acids is 3. The van der Waals surface area contributed by atoms with Crippen LogP contribution in [-0.2, 0) is 41.7 Å². The number of carbonyl (C=O) groups is 5. The number of hydrogen-bond donors (Lipinski definition) is 4. The summed E-state index contributed by atoms with van der Waals surface area (Å²) in [5.41, 5.74) is 1.69. The molecule has 3 aromatic carbocycles. The zero-order valence-corrected chi connectivity index (χ0v) is 28.8.